The molecule has 2 aromatic rings. The first-order valence-corrected chi connectivity index (χ1v) is 13.1. The van der Waals surface area contributed by atoms with Gasteiger partial charge in [0.2, 0.25) is 0 Å². The number of dihydropyridines is 1. The number of Topliss-reactive ketones (excluding diaryl/α,β-unsaturated/α-hetero) is 1. The Bertz CT molecular complexity index is 1280. The van der Waals surface area contributed by atoms with E-state index in [2.05, 4.69) is 21.2 Å². The van der Waals surface area contributed by atoms with Crippen molar-refractivity contribution in [3.63, 3.8) is 0 Å². The quantitative estimate of drug-likeness (QED) is 0.364. The SMILES string of the molecule is CCOC(=O)C1=C(C)NC2=C(C(=O)[C@H](C(=O)OCC)[C@H](c3ccc(OC)cc3)C2)[C@@H]1c1cccc(Br)c1. The van der Waals surface area contributed by atoms with Crippen LogP contribution in [0.15, 0.2) is 75.5 Å². The Morgan fingerprint density at radius 1 is 1.03 bits per heavy atom. The van der Waals surface area contributed by atoms with Crippen molar-refractivity contribution in [2.45, 2.75) is 39.0 Å². The van der Waals surface area contributed by atoms with Gasteiger partial charge in [0.25, 0.3) is 0 Å². The van der Waals surface area contributed by atoms with E-state index >= 15 is 0 Å². The number of allylic oxidation sites excluding steroid dienone is 3. The van der Waals surface area contributed by atoms with Crippen LogP contribution in [0.5, 0.6) is 5.75 Å². The van der Waals surface area contributed by atoms with Crippen molar-refractivity contribution in [3.8, 4) is 5.75 Å². The summed E-state index contributed by atoms with van der Waals surface area (Å²) in [6, 6.07) is 14.9. The zero-order chi connectivity index (χ0) is 26.7. The molecule has 0 amide bonds. The highest BCUT2D eigenvalue weighted by atomic mass is 79.9. The lowest BCUT2D eigenvalue weighted by Crippen LogP contribution is -2.43. The van der Waals surface area contributed by atoms with Gasteiger partial charge in [-0.05, 0) is 62.6 Å². The Balaban J connectivity index is 1.88. The number of ketones is 1. The lowest BCUT2D eigenvalue weighted by Gasteiger charge is -2.39. The van der Waals surface area contributed by atoms with E-state index in [0.717, 1.165) is 15.6 Å². The molecule has 7 nitrogen and oxygen atoms in total. The van der Waals surface area contributed by atoms with Gasteiger partial charge >= 0.3 is 11.9 Å². The molecule has 4 rings (SSSR count). The molecule has 194 valence electrons. The van der Waals surface area contributed by atoms with E-state index in [1.807, 2.05) is 55.5 Å². The van der Waals surface area contributed by atoms with Gasteiger partial charge < -0.3 is 19.5 Å². The smallest absolute Gasteiger partial charge is 0.336 e. The molecule has 1 N–H and O–H groups in total. The highest BCUT2D eigenvalue weighted by molar-refractivity contribution is 9.10. The fraction of sp³-hybridized carbons (Fsp3) is 0.345. The molecule has 0 aromatic heterocycles. The molecule has 0 spiro atoms. The molecule has 3 atom stereocenters. The lowest BCUT2D eigenvalue weighted by atomic mass is 9.67. The minimum Gasteiger partial charge on any atom is -0.497 e. The minimum absolute atomic E-state index is 0.157. The first kappa shape index (κ1) is 26.7. The highest BCUT2D eigenvalue weighted by Gasteiger charge is 2.49. The van der Waals surface area contributed by atoms with E-state index in [0.29, 0.717) is 34.7 Å². The predicted molar refractivity (Wildman–Crippen MR) is 142 cm³/mol. The van der Waals surface area contributed by atoms with Crippen molar-refractivity contribution in [3.05, 3.63) is 86.7 Å². The summed E-state index contributed by atoms with van der Waals surface area (Å²) in [7, 11) is 1.59. The zero-order valence-electron chi connectivity index (χ0n) is 21.3. The van der Waals surface area contributed by atoms with Crippen molar-refractivity contribution in [1.82, 2.24) is 5.32 Å². The fourth-order valence-electron chi connectivity index (χ4n) is 5.20. The van der Waals surface area contributed by atoms with Crippen LogP contribution in [0.2, 0.25) is 0 Å². The van der Waals surface area contributed by atoms with Crippen LogP contribution >= 0.6 is 15.9 Å². The van der Waals surface area contributed by atoms with Crippen molar-refractivity contribution in [2.75, 3.05) is 20.3 Å². The van der Waals surface area contributed by atoms with Crippen molar-refractivity contribution in [1.29, 1.82) is 0 Å². The summed E-state index contributed by atoms with van der Waals surface area (Å²) in [5.74, 6) is -2.92. The molecule has 0 radical (unpaired) electrons. The molecule has 0 fully saturated rings. The summed E-state index contributed by atoms with van der Waals surface area (Å²) in [4.78, 5) is 40.7. The highest BCUT2D eigenvalue weighted by Crippen LogP contribution is 2.48. The van der Waals surface area contributed by atoms with Gasteiger partial charge in [0.05, 0.1) is 25.9 Å². The number of carbonyl (C=O) groups is 3. The number of methoxy groups -OCH3 is 1. The summed E-state index contributed by atoms with van der Waals surface area (Å²) in [5, 5.41) is 3.32. The van der Waals surface area contributed by atoms with Gasteiger partial charge in [-0.25, -0.2) is 4.79 Å². The maximum atomic E-state index is 14.3. The second kappa shape index (κ2) is 11.3. The van der Waals surface area contributed by atoms with E-state index in [4.69, 9.17) is 14.2 Å². The van der Waals surface area contributed by atoms with E-state index in [9.17, 15) is 14.4 Å². The minimum atomic E-state index is -1.05. The molecule has 2 aromatic carbocycles. The van der Waals surface area contributed by atoms with Crippen LogP contribution in [0.25, 0.3) is 0 Å². The monoisotopic (exact) mass is 567 g/mol. The normalized spacial score (nSPS) is 21.2. The van der Waals surface area contributed by atoms with Crippen molar-refractivity contribution in [2.24, 2.45) is 5.92 Å². The van der Waals surface area contributed by atoms with Crippen LogP contribution in [0.1, 0.15) is 50.2 Å². The van der Waals surface area contributed by atoms with E-state index in [-0.39, 0.29) is 19.0 Å². The number of hydrogen-bond acceptors (Lipinski definition) is 7. The lowest BCUT2D eigenvalue weighted by molar-refractivity contribution is -0.152. The summed E-state index contributed by atoms with van der Waals surface area (Å²) >= 11 is 3.51. The molecule has 8 heteroatoms. The third kappa shape index (κ3) is 5.21. The van der Waals surface area contributed by atoms with Crippen LogP contribution in [0, 0.1) is 5.92 Å². The van der Waals surface area contributed by atoms with Crippen molar-refractivity contribution < 1.29 is 28.6 Å². The molecule has 1 heterocycles. The van der Waals surface area contributed by atoms with Gasteiger partial charge in [-0.2, -0.15) is 0 Å². The first-order chi connectivity index (χ1) is 17.8. The van der Waals surface area contributed by atoms with Gasteiger partial charge in [-0.15, -0.1) is 0 Å². The van der Waals surface area contributed by atoms with Gasteiger partial charge in [-0.1, -0.05) is 40.2 Å². The Hall–Kier alpha value is -3.39. The van der Waals surface area contributed by atoms with E-state index in [1.165, 1.54) is 0 Å². The average Bonchev–Trinajstić information content (AvgIpc) is 2.88. The van der Waals surface area contributed by atoms with Gasteiger partial charge in [0.15, 0.2) is 5.78 Å². The van der Waals surface area contributed by atoms with Crippen LogP contribution in [-0.2, 0) is 23.9 Å². The van der Waals surface area contributed by atoms with Gasteiger partial charge in [0, 0.05) is 33.3 Å². The van der Waals surface area contributed by atoms with Crippen LogP contribution < -0.4 is 10.1 Å². The number of esters is 2. The Morgan fingerprint density at radius 3 is 2.35 bits per heavy atom. The Labute approximate surface area is 225 Å². The van der Waals surface area contributed by atoms with Gasteiger partial charge in [0.1, 0.15) is 11.7 Å². The van der Waals surface area contributed by atoms with Crippen LogP contribution in [-0.4, -0.2) is 38.0 Å². The predicted octanol–water partition coefficient (Wildman–Crippen LogP) is 5.17. The summed E-state index contributed by atoms with van der Waals surface area (Å²) in [5.41, 5.74) is 3.66. The molecule has 0 saturated heterocycles. The number of halogens is 1. The molecule has 0 bridgehead atoms. The first-order valence-electron chi connectivity index (χ1n) is 12.3. The Morgan fingerprint density at radius 2 is 1.73 bits per heavy atom. The van der Waals surface area contributed by atoms with E-state index in [1.54, 1.807) is 21.0 Å². The average molecular weight is 568 g/mol. The van der Waals surface area contributed by atoms with Crippen molar-refractivity contribution >= 4 is 33.7 Å². The third-order valence-corrected chi connectivity index (χ3v) is 7.27. The maximum Gasteiger partial charge on any atom is 0.336 e. The summed E-state index contributed by atoms with van der Waals surface area (Å²) in [6.07, 6.45) is 0.398. The summed E-state index contributed by atoms with van der Waals surface area (Å²) < 4.78 is 16.9. The third-order valence-electron chi connectivity index (χ3n) is 6.78. The number of ether oxygens (including phenoxy) is 3. The largest absolute Gasteiger partial charge is 0.497 e. The number of hydrogen-bond donors (Lipinski definition) is 1. The second-order valence-corrected chi connectivity index (χ2v) is 9.86. The number of carbonyl (C=O) groups excluding carboxylic acids is 3. The molecular weight excluding hydrogens is 538 g/mol. The molecular formula is C29H30BrNO6. The zero-order valence-corrected chi connectivity index (χ0v) is 22.9. The molecule has 37 heavy (non-hydrogen) atoms. The van der Waals surface area contributed by atoms with Crippen LogP contribution in [0.4, 0.5) is 0 Å². The number of rotatable bonds is 7. The maximum absolute atomic E-state index is 14.3. The Kier molecular flexibility index (Phi) is 8.17. The fourth-order valence-corrected chi connectivity index (χ4v) is 5.62. The van der Waals surface area contributed by atoms with Crippen LogP contribution in [0.3, 0.4) is 0 Å². The molecule has 1 aliphatic heterocycles. The van der Waals surface area contributed by atoms with E-state index < -0.39 is 29.7 Å². The molecule has 1 aliphatic carbocycles. The standard InChI is InChI=1S/C29H30BrNO6/c1-5-36-28(33)23-16(3)31-22-15-21(17-10-12-20(35-4)13-11-17)25(29(34)37-6-2)27(32)26(22)24(23)18-8-7-9-19(30)14-18/h7-14,21,24-25,31H,5-6,15H2,1-4H3/t21-,24+,25+/m0/s1. The molecule has 2 aliphatic rings. The molecule has 0 saturated carbocycles. The number of benzene rings is 2. The molecule has 0 unspecified atom stereocenters. The number of nitrogens with one attached hydrogen (secondary N) is 1. The topological polar surface area (TPSA) is 90.9 Å². The van der Waals surface area contributed by atoms with Gasteiger partial charge in [-0.3, -0.25) is 9.59 Å². The summed E-state index contributed by atoms with van der Waals surface area (Å²) in [6.45, 7) is 5.63. The second-order valence-electron chi connectivity index (χ2n) is 8.94.